The molecule has 4 aromatic rings. The number of anilines is 2. The Morgan fingerprint density at radius 3 is 1.85 bits per heavy atom. The second-order valence-electron chi connectivity index (χ2n) is 9.36. The molecule has 0 amide bonds. The molecule has 0 heterocycles. The van der Waals surface area contributed by atoms with Crippen LogP contribution in [0.4, 0.5) is 24.5 Å². The van der Waals surface area contributed by atoms with E-state index in [0.29, 0.717) is 42.5 Å². The van der Waals surface area contributed by atoms with Crippen LogP contribution in [0, 0.1) is 6.92 Å². The van der Waals surface area contributed by atoms with E-state index in [-0.39, 0.29) is 0 Å². The first-order valence-electron chi connectivity index (χ1n) is 13.0. The number of methoxy groups -OCH3 is 3. The lowest BCUT2D eigenvalue weighted by molar-refractivity contribution is -0.137. The van der Waals surface area contributed by atoms with E-state index < -0.39 is 11.7 Å². The smallest absolute Gasteiger partial charge is 0.416 e. The molecule has 0 spiro atoms. The van der Waals surface area contributed by atoms with Crippen LogP contribution in [0.25, 0.3) is 0 Å². The molecule has 0 saturated heterocycles. The van der Waals surface area contributed by atoms with Gasteiger partial charge in [-0.15, -0.1) is 0 Å². The highest BCUT2D eigenvalue weighted by Crippen LogP contribution is 2.36. The van der Waals surface area contributed by atoms with Gasteiger partial charge in [0.1, 0.15) is 28.7 Å². The predicted octanol–water partition coefficient (Wildman–Crippen LogP) is 7.91. The van der Waals surface area contributed by atoms with Gasteiger partial charge in [0.2, 0.25) is 0 Å². The molecule has 0 fully saturated rings. The van der Waals surface area contributed by atoms with E-state index in [4.69, 9.17) is 18.9 Å². The highest BCUT2D eigenvalue weighted by atomic mass is 19.4. The molecule has 41 heavy (non-hydrogen) atoms. The van der Waals surface area contributed by atoms with E-state index in [0.717, 1.165) is 45.9 Å². The van der Waals surface area contributed by atoms with Gasteiger partial charge in [0.25, 0.3) is 0 Å². The van der Waals surface area contributed by atoms with E-state index in [2.05, 4.69) is 10.6 Å². The minimum Gasteiger partial charge on any atom is -0.496 e. The molecule has 0 radical (unpaired) electrons. The first-order chi connectivity index (χ1) is 19.7. The van der Waals surface area contributed by atoms with Crippen molar-refractivity contribution in [2.45, 2.75) is 26.1 Å². The number of ether oxygens (including phenoxy) is 4. The van der Waals surface area contributed by atoms with Gasteiger partial charge in [-0.2, -0.15) is 13.2 Å². The van der Waals surface area contributed by atoms with Crippen molar-refractivity contribution in [3.05, 3.63) is 101 Å². The van der Waals surface area contributed by atoms with Gasteiger partial charge in [0.15, 0.2) is 0 Å². The van der Waals surface area contributed by atoms with Crippen LogP contribution in [-0.4, -0.2) is 27.9 Å². The predicted molar refractivity (Wildman–Crippen MR) is 154 cm³/mol. The molecule has 4 rings (SSSR count). The van der Waals surface area contributed by atoms with Crippen molar-refractivity contribution >= 4 is 11.4 Å². The van der Waals surface area contributed by atoms with Crippen LogP contribution in [0.5, 0.6) is 28.7 Å². The zero-order chi connectivity index (χ0) is 29.4. The first-order valence-corrected chi connectivity index (χ1v) is 13.0. The van der Waals surface area contributed by atoms with Crippen molar-refractivity contribution < 1.29 is 32.1 Å². The van der Waals surface area contributed by atoms with E-state index in [9.17, 15) is 13.2 Å². The molecular weight excluding hydrogens is 533 g/mol. The Kier molecular flexibility index (Phi) is 9.62. The van der Waals surface area contributed by atoms with Crippen molar-refractivity contribution in [1.29, 1.82) is 0 Å². The second kappa shape index (κ2) is 13.3. The average molecular weight is 567 g/mol. The molecule has 0 saturated carbocycles. The lowest BCUT2D eigenvalue weighted by Crippen LogP contribution is -2.18. The number of hydrogen-bond donors (Lipinski definition) is 2. The van der Waals surface area contributed by atoms with Gasteiger partial charge < -0.3 is 29.6 Å². The Hall–Kier alpha value is -4.37. The third-order valence-electron chi connectivity index (χ3n) is 6.53. The number of halogens is 3. The standard InChI is InChI=1S/C32H33F3N2O4/c1-21-17-25(11-14-29(21)38-2)37-24-9-12-26(13-10-24)41-27-18-30(39-3)28(31(19-27)40-4)20-36-16-15-22-5-7-23(8-6-22)32(33,34)35/h5-14,17-19,36-37H,15-16,20H2,1-4H3. The molecule has 0 aliphatic heterocycles. The highest BCUT2D eigenvalue weighted by molar-refractivity contribution is 5.62. The molecule has 0 unspecified atom stereocenters. The van der Waals surface area contributed by atoms with E-state index in [1.807, 2.05) is 49.4 Å². The number of rotatable bonds is 12. The molecule has 216 valence electrons. The Morgan fingerprint density at radius 2 is 1.29 bits per heavy atom. The van der Waals surface area contributed by atoms with Gasteiger partial charge in [-0.05, 0) is 85.6 Å². The molecule has 0 bridgehead atoms. The molecule has 0 aromatic heterocycles. The summed E-state index contributed by atoms with van der Waals surface area (Å²) in [6.45, 7) is 3.00. The van der Waals surface area contributed by atoms with Gasteiger partial charge in [0.05, 0.1) is 32.5 Å². The van der Waals surface area contributed by atoms with Crippen molar-refractivity contribution in [3.63, 3.8) is 0 Å². The topological polar surface area (TPSA) is 61.0 Å². The van der Waals surface area contributed by atoms with E-state index >= 15 is 0 Å². The first kappa shape index (κ1) is 29.6. The molecule has 2 N–H and O–H groups in total. The summed E-state index contributed by atoms with van der Waals surface area (Å²) >= 11 is 0. The minimum atomic E-state index is -4.34. The quantitative estimate of drug-likeness (QED) is 0.170. The number of nitrogens with one attached hydrogen (secondary N) is 2. The monoisotopic (exact) mass is 566 g/mol. The largest absolute Gasteiger partial charge is 0.496 e. The van der Waals surface area contributed by atoms with Gasteiger partial charge in [-0.25, -0.2) is 0 Å². The fourth-order valence-corrected chi connectivity index (χ4v) is 4.36. The van der Waals surface area contributed by atoms with Crippen molar-refractivity contribution in [3.8, 4) is 28.7 Å². The maximum Gasteiger partial charge on any atom is 0.416 e. The zero-order valence-electron chi connectivity index (χ0n) is 23.4. The second-order valence-corrected chi connectivity index (χ2v) is 9.36. The van der Waals surface area contributed by atoms with Gasteiger partial charge in [0, 0.05) is 30.1 Å². The number of aryl methyl sites for hydroxylation is 1. The zero-order valence-corrected chi connectivity index (χ0v) is 23.4. The van der Waals surface area contributed by atoms with Crippen LogP contribution >= 0.6 is 0 Å². The highest BCUT2D eigenvalue weighted by Gasteiger charge is 2.29. The molecule has 0 aliphatic rings. The van der Waals surface area contributed by atoms with E-state index in [1.165, 1.54) is 12.1 Å². The summed E-state index contributed by atoms with van der Waals surface area (Å²) in [6, 6.07) is 22.3. The Balaban J connectivity index is 1.36. The van der Waals surface area contributed by atoms with Gasteiger partial charge in [-0.3, -0.25) is 0 Å². The number of hydrogen-bond acceptors (Lipinski definition) is 6. The van der Waals surface area contributed by atoms with Crippen LogP contribution in [0.15, 0.2) is 78.9 Å². The summed E-state index contributed by atoms with van der Waals surface area (Å²) in [4.78, 5) is 0. The third-order valence-corrected chi connectivity index (χ3v) is 6.53. The average Bonchev–Trinajstić information content (AvgIpc) is 2.96. The fraction of sp³-hybridized carbons (Fsp3) is 0.250. The molecule has 4 aromatic carbocycles. The lowest BCUT2D eigenvalue weighted by Gasteiger charge is -2.17. The summed E-state index contributed by atoms with van der Waals surface area (Å²) in [5, 5.41) is 6.68. The number of benzene rings is 4. The molecule has 0 aliphatic carbocycles. The van der Waals surface area contributed by atoms with Crippen LogP contribution in [-0.2, 0) is 19.1 Å². The number of alkyl halides is 3. The van der Waals surface area contributed by atoms with Crippen molar-refractivity contribution in [2.24, 2.45) is 0 Å². The molecule has 9 heteroatoms. The summed E-state index contributed by atoms with van der Waals surface area (Å²) < 4.78 is 61.0. The van der Waals surface area contributed by atoms with Crippen LogP contribution in [0.1, 0.15) is 22.3 Å². The maximum absolute atomic E-state index is 12.8. The Bertz CT molecular complexity index is 1410. The van der Waals surface area contributed by atoms with Crippen molar-refractivity contribution in [2.75, 3.05) is 33.2 Å². The molecule has 6 nitrogen and oxygen atoms in total. The van der Waals surface area contributed by atoms with Crippen LogP contribution in [0.2, 0.25) is 0 Å². The molecular formula is C32H33F3N2O4. The van der Waals surface area contributed by atoms with Crippen molar-refractivity contribution in [1.82, 2.24) is 5.32 Å². The maximum atomic E-state index is 12.8. The van der Waals surface area contributed by atoms with Crippen LogP contribution < -0.4 is 29.6 Å². The fourth-order valence-electron chi connectivity index (χ4n) is 4.36. The van der Waals surface area contributed by atoms with Gasteiger partial charge in [-0.1, -0.05) is 12.1 Å². The SMILES string of the molecule is COc1ccc(Nc2ccc(Oc3cc(OC)c(CNCCc4ccc(C(F)(F)F)cc4)c(OC)c3)cc2)cc1C. The van der Waals surface area contributed by atoms with Gasteiger partial charge >= 0.3 is 6.18 Å². The summed E-state index contributed by atoms with van der Waals surface area (Å²) in [6.07, 6.45) is -3.76. The normalized spacial score (nSPS) is 11.2. The third kappa shape index (κ3) is 7.85. The summed E-state index contributed by atoms with van der Waals surface area (Å²) in [5.41, 5.74) is 3.88. The van der Waals surface area contributed by atoms with E-state index in [1.54, 1.807) is 33.5 Å². The van der Waals surface area contributed by atoms with Crippen LogP contribution in [0.3, 0.4) is 0 Å². The summed E-state index contributed by atoms with van der Waals surface area (Å²) in [7, 11) is 4.80. The minimum absolute atomic E-state index is 0.443. The summed E-state index contributed by atoms with van der Waals surface area (Å²) in [5.74, 6) is 3.22. The molecule has 0 atom stereocenters. The Labute approximate surface area is 238 Å². The Morgan fingerprint density at radius 1 is 0.683 bits per heavy atom. The lowest BCUT2D eigenvalue weighted by atomic mass is 10.1.